The highest BCUT2D eigenvalue weighted by Gasteiger charge is 2.39. The molecule has 1 fully saturated rings. The summed E-state index contributed by atoms with van der Waals surface area (Å²) in [5.41, 5.74) is 4.26. The molecule has 4 rings (SSSR count). The number of aromatic amines is 1. The van der Waals surface area contributed by atoms with Gasteiger partial charge in [0.15, 0.2) is 0 Å². The minimum absolute atomic E-state index is 0.0670. The van der Waals surface area contributed by atoms with Gasteiger partial charge in [-0.2, -0.15) is 0 Å². The molecule has 0 radical (unpaired) electrons. The van der Waals surface area contributed by atoms with Crippen molar-refractivity contribution in [1.82, 2.24) is 14.9 Å². The van der Waals surface area contributed by atoms with Crippen molar-refractivity contribution >= 4 is 0 Å². The maximum absolute atomic E-state index is 13.1. The maximum Gasteiger partial charge on any atom is 0.255 e. The van der Waals surface area contributed by atoms with Crippen molar-refractivity contribution in [1.29, 1.82) is 0 Å². The van der Waals surface area contributed by atoms with Gasteiger partial charge in [-0.05, 0) is 50.8 Å². The molecule has 4 nitrogen and oxygen atoms in total. The first-order valence-electron chi connectivity index (χ1n) is 9.61. The van der Waals surface area contributed by atoms with Gasteiger partial charge in [0, 0.05) is 11.0 Å². The van der Waals surface area contributed by atoms with E-state index in [1.165, 1.54) is 18.4 Å². The molecule has 2 aliphatic rings. The molecule has 132 valence electrons. The van der Waals surface area contributed by atoms with E-state index >= 15 is 0 Å². The predicted molar refractivity (Wildman–Crippen MR) is 101 cm³/mol. The third-order valence-corrected chi connectivity index (χ3v) is 6.23. The van der Waals surface area contributed by atoms with Crippen LogP contribution in [-0.2, 0) is 18.4 Å². The molecule has 0 atom stereocenters. The molecule has 0 bridgehead atoms. The van der Waals surface area contributed by atoms with Gasteiger partial charge < -0.3 is 4.98 Å². The molecular formula is C21H27N3O. The Morgan fingerprint density at radius 3 is 2.60 bits per heavy atom. The lowest BCUT2D eigenvalue weighted by atomic mass is 9.66. The number of hydrogen-bond donors (Lipinski definition) is 1. The van der Waals surface area contributed by atoms with E-state index in [1.807, 2.05) is 0 Å². The highest BCUT2D eigenvalue weighted by molar-refractivity contribution is 5.71. The third kappa shape index (κ3) is 2.73. The summed E-state index contributed by atoms with van der Waals surface area (Å²) in [4.78, 5) is 23.5. The third-order valence-electron chi connectivity index (χ3n) is 6.23. The summed E-state index contributed by atoms with van der Waals surface area (Å²) >= 11 is 0. The molecule has 1 aliphatic carbocycles. The number of benzene rings is 1. The molecule has 2 aromatic rings. The van der Waals surface area contributed by atoms with E-state index in [2.05, 4.69) is 48.0 Å². The van der Waals surface area contributed by atoms with Crippen molar-refractivity contribution in [3.05, 3.63) is 51.6 Å². The summed E-state index contributed by atoms with van der Waals surface area (Å²) < 4.78 is 0. The Kier molecular flexibility index (Phi) is 4.24. The van der Waals surface area contributed by atoms with Crippen LogP contribution in [0.25, 0.3) is 11.3 Å². The van der Waals surface area contributed by atoms with Crippen molar-refractivity contribution in [3.8, 4) is 11.3 Å². The molecule has 1 aliphatic heterocycles. The minimum Gasteiger partial charge on any atom is -0.309 e. The molecule has 0 spiro atoms. The Labute approximate surface area is 149 Å². The lowest BCUT2D eigenvalue weighted by Crippen LogP contribution is -2.39. The van der Waals surface area contributed by atoms with E-state index in [0.717, 1.165) is 61.5 Å². The molecule has 0 saturated carbocycles. The highest BCUT2D eigenvalue weighted by atomic mass is 16.1. The fourth-order valence-electron chi connectivity index (χ4n) is 4.65. The fourth-order valence-corrected chi connectivity index (χ4v) is 4.65. The first kappa shape index (κ1) is 16.5. The molecular weight excluding hydrogens is 310 g/mol. The number of likely N-dealkylation sites (tertiary alicyclic amines) is 1. The Morgan fingerprint density at radius 2 is 1.88 bits per heavy atom. The minimum atomic E-state index is -0.101. The zero-order chi connectivity index (χ0) is 17.4. The SMILES string of the molecule is CCC1(CC)Cc2ccccc2-c2nc(CN3CCCC3)[nH]c(=O)c21. The number of nitrogens with zero attached hydrogens (tertiary/aromatic N) is 2. The van der Waals surface area contributed by atoms with Crippen LogP contribution in [0.2, 0.25) is 0 Å². The molecule has 1 aromatic heterocycles. The van der Waals surface area contributed by atoms with E-state index < -0.39 is 0 Å². The second kappa shape index (κ2) is 6.41. The molecule has 25 heavy (non-hydrogen) atoms. The largest absolute Gasteiger partial charge is 0.309 e. The number of fused-ring (bicyclic) bond motifs is 3. The first-order chi connectivity index (χ1) is 12.2. The number of aromatic nitrogens is 2. The molecule has 4 heteroatoms. The number of nitrogens with one attached hydrogen (secondary N) is 1. The normalized spacial score (nSPS) is 18.8. The zero-order valence-corrected chi connectivity index (χ0v) is 15.3. The zero-order valence-electron chi connectivity index (χ0n) is 15.3. The van der Waals surface area contributed by atoms with Gasteiger partial charge in [0.1, 0.15) is 5.82 Å². The summed E-state index contributed by atoms with van der Waals surface area (Å²) in [6, 6.07) is 8.46. The van der Waals surface area contributed by atoms with Gasteiger partial charge in [0.05, 0.1) is 17.8 Å². The van der Waals surface area contributed by atoms with E-state index in [-0.39, 0.29) is 11.0 Å². The average Bonchev–Trinajstić information content (AvgIpc) is 3.13. The second-order valence-corrected chi connectivity index (χ2v) is 7.54. The molecule has 1 saturated heterocycles. The van der Waals surface area contributed by atoms with Crippen LogP contribution in [0, 0.1) is 0 Å². The van der Waals surface area contributed by atoms with Crippen LogP contribution in [0.1, 0.15) is 56.5 Å². The van der Waals surface area contributed by atoms with Crippen molar-refractivity contribution in [2.45, 2.75) is 57.9 Å². The Morgan fingerprint density at radius 1 is 1.16 bits per heavy atom. The summed E-state index contributed by atoms with van der Waals surface area (Å²) in [7, 11) is 0. The fraction of sp³-hybridized carbons (Fsp3) is 0.524. The molecule has 2 heterocycles. The molecule has 1 N–H and O–H groups in total. The van der Waals surface area contributed by atoms with Gasteiger partial charge in [-0.3, -0.25) is 9.69 Å². The summed E-state index contributed by atoms with van der Waals surface area (Å²) in [5, 5.41) is 0. The number of hydrogen-bond acceptors (Lipinski definition) is 3. The van der Waals surface area contributed by atoms with Gasteiger partial charge in [0.25, 0.3) is 5.56 Å². The second-order valence-electron chi connectivity index (χ2n) is 7.54. The lowest BCUT2D eigenvalue weighted by molar-refractivity contribution is 0.320. The first-order valence-corrected chi connectivity index (χ1v) is 9.61. The van der Waals surface area contributed by atoms with Crippen LogP contribution in [0.15, 0.2) is 29.1 Å². The number of H-pyrrole nitrogens is 1. The monoisotopic (exact) mass is 337 g/mol. The summed E-state index contributed by atoms with van der Waals surface area (Å²) in [5.74, 6) is 0.809. The van der Waals surface area contributed by atoms with Gasteiger partial charge in [-0.1, -0.05) is 38.1 Å². The number of rotatable bonds is 4. The Bertz CT molecular complexity index is 829. The standard InChI is InChI=1S/C21H27N3O/c1-3-21(4-2)13-15-9-5-6-10-16(15)19-18(21)20(25)23-17(22-19)14-24-11-7-8-12-24/h5-6,9-10H,3-4,7-8,11-14H2,1-2H3,(H,22,23,25). The lowest BCUT2D eigenvalue weighted by Gasteiger charge is -2.37. The summed E-state index contributed by atoms with van der Waals surface area (Å²) in [6.45, 7) is 7.34. The van der Waals surface area contributed by atoms with Crippen LogP contribution in [0.5, 0.6) is 0 Å². The molecule has 0 amide bonds. The van der Waals surface area contributed by atoms with Gasteiger partial charge >= 0.3 is 0 Å². The predicted octanol–water partition coefficient (Wildman–Crippen LogP) is 3.65. The molecule has 0 unspecified atom stereocenters. The van der Waals surface area contributed by atoms with Crippen LogP contribution < -0.4 is 5.56 Å². The van der Waals surface area contributed by atoms with Crippen LogP contribution in [0.3, 0.4) is 0 Å². The van der Waals surface area contributed by atoms with Crippen LogP contribution in [0.4, 0.5) is 0 Å². The Hall–Kier alpha value is -1.94. The van der Waals surface area contributed by atoms with E-state index in [1.54, 1.807) is 0 Å². The van der Waals surface area contributed by atoms with Gasteiger partial charge in [0.2, 0.25) is 0 Å². The van der Waals surface area contributed by atoms with E-state index in [0.29, 0.717) is 0 Å². The quantitative estimate of drug-likeness (QED) is 0.926. The molecule has 1 aromatic carbocycles. The van der Waals surface area contributed by atoms with Crippen LogP contribution >= 0.6 is 0 Å². The van der Waals surface area contributed by atoms with Crippen molar-refractivity contribution in [3.63, 3.8) is 0 Å². The maximum atomic E-state index is 13.1. The Balaban J connectivity index is 1.87. The van der Waals surface area contributed by atoms with Crippen LogP contribution in [-0.4, -0.2) is 28.0 Å². The summed E-state index contributed by atoms with van der Waals surface area (Å²) in [6.07, 6.45) is 5.33. The van der Waals surface area contributed by atoms with Crippen molar-refractivity contribution in [2.24, 2.45) is 0 Å². The topological polar surface area (TPSA) is 49.0 Å². The van der Waals surface area contributed by atoms with E-state index in [4.69, 9.17) is 4.98 Å². The van der Waals surface area contributed by atoms with Crippen molar-refractivity contribution < 1.29 is 0 Å². The smallest absolute Gasteiger partial charge is 0.255 e. The highest BCUT2D eigenvalue weighted by Crippen LogP contribution is 2.44. The van der Waals surface area contributed by atoms with Gasteiger partial charge in [-0.15, -0.1) is 0 Å². The van der Waals surface area contributed by atoms with E-state index in [9.17, 15) is 4.79 Å². The average molecular weight is 337 g/mol. The van der Waals surface area contributed by atoms with Crippen molar-refractivity contribution in [2.75, 3.05) is 13.1 Å². The van der Waals surface area contributed by atoms with Gasteiger partial charge in [-0.25, -0.2) is 4.98 Å².